The minimum absolute atomic E-state index is 0.0813. The molecule has 2 N–H and O–H groups in total. The summed E-state index contributed by atoms with van der Waals surface area (Å²) in [4.78, 5) is 2.45. The van der Waals surface area contributed by atoms with E-state index in [1.54, 1.807) is 7.11 Å². The van der Waals surface area contributed by atoms with Crippen molar-refractivity contribution < 1.29 is 4.74 Å². The van der Waals surface area contributed by atoms with Gasteiger partial charge >= 0.3 is 0 Å². The van der Waals surface area contributed by atoms with Crippen LogP contribution in [0.5, 0.6) is 0 Å². The van der Waals surface area contributed by atoms with Crippen molar-refractivity contribution in [1.82, 2.24) is 0 Å². The molecule has 0 aliphatic carbocycles. The van der Waals surface area contributed by atoms with Gasteiger partial charge in [-0.3, -0.25) is 0 Å². The van der Waals surface area contributed by atoms with Crippen LogP contribution in [0.25, 0.3) is 0 Å². The van der Waals surface area contributed by atoms with Gasteiger partial charge in [-0.05, 0) is 59.3 Å². The summed E-state index contributed by atoms with van der Waals surface area (Å²) in [6.45, 7) is 5.10. The normalized spacial score (nSPS) is 18.6. The number of nitrogens with two attached hydrogens (primary N) is 1. The average molecular weight is 327 g/mol. The van der Waals surface area contributed by atoms with Gasteiger partial charge in [0.25, 0.3) is 0 Å². The highest BCUT2D eigenvalue weighted by Crippen LogP contribution is 2.31. The maximum Gasteiger partial charge on any atom is 0.0510 e. The van der Waals surface area contributed by atoms with E-state index in [0.717, 1.165) is 24.2 Å². The Bertz CT molecular complexity index is 415. The average Bonchev–Trinajstić information content (AvgIpc) is 2.40. The van der Waals surface area contributed by atoms with Crippen LogP contribution in [0.15, 0.2) is 22.7 Å². The van der Waals surface area contributed by atoms with Crippen molar-refractivity contribution in [2.75, 3.05) is 31.7 Å². The molecule has 1 aliphatic rings. The largest absolute Gasteiger partial charge is 0.384 e. The molecule has 4 heteroatoms. The summed E-state index contributed by atoms with van der Waals surface area (Å²) < 4.78 is 6.39. The van der Waals surface area contributed by atoms with Crippen molar-refractivity contribution >= 4 is 21.6 Å². The quantitative estimate of drug-likeness (QED) is 0.922. The van der Waals surface area contributed by atoms with Crippen LogP contribution >= 0.6 is 15.9 Å². The lowest BCUT2D eigenvalue weighted by molar-refractivity contribution is 0.139. The van der Waals surface area contributed by atoms with Gasteiger partial charge in [-0.1, -0.05) is 6.07 Å². The van der Waals surface area contributed by atoms with Crippen molar-refractivity contribution in [1.29, 1.82) is 0 Å². The standard InChI is InChI=1S/C15H23BrN2O/c1-11(17)13-3-4-15(14(16)9-13)18-7-5-12(6-8-18)10-19-2/h3-4,9,11-12H,5-8,10,17H2,1-2H3/t11-/m1/s1. The van der Waals surface area contributed by atoms with Gasteiger partial charge in [0.2, 0.25) is 0 Å². The van der Waals surface area contributed by atoms with E-state index >= 15 is 0 Å². The first kappa shape index (κ1) is 14.8. The number of piperidine rings is 1. The Labute approximate surface area is 124 Å². The summed E-state index contributed by atoms with van der Waals surface area (Å²) in [5, 5.41) is 0. The number of anilines is 1. The fraction of sp³-hybridized carbons (Fsp3) is 0.600. The molecule has 0 unspecified atom stereocenters. The zero-order chi connectivity index (χ0) is 13.8. The lowest BCUT2D eigenvalue weighted by Gasteiger charge is -2.34. The third-order valence-electron chi connectivity index (χ3n) is 3.86. The fourth-order valence-corrected chi connectivity index (χ4v) is 3.29. The molecule has 1 aromatic carbocycles. The molecular formula is C15H23BrN2O. The van der Waals surface area contributed by atoms with E-state index in [1.165, 1.54) is 24.1 Å². The van der Waals surface area contributed by atoms with Crippen molar-refractivity contribution in [2.24, 2.45) is 11.7 Å². The highest BCUT2D eigenvalue weighted by molar-refractivity contribution is 9.10. The van der Waals surface area contributed by atoms with Crippen LogP contribution < -0.4 is 10.6 Å². The number of hydrogen-bond acceptors (Lipinski definition) is 3. The van der Waals surface area contributed by atoms with Crippen LogP contribution in [0.3, 0.4) is 0 Å². The van der Waals surface area contributed by atoms with Crippen molar-refractivity contribution in [3.63, 3.8) is 0 Å². The predicted octanol–water partition coefficient (Wildman–Crippen LogP) is 3.33. The Balaban J connectivity index is 2.03. The maximum absolute atomic E-state index is 5.91. The number of nitrogens with zero attached hydrogens (tertiary/aromatic N) is 1. The SMILES string of the molecule is COCC1CCN(c2ccc([C@@H](C)N)cc2Br)CC1. The minimum Gasteiger partial charge on any atom is -0.384 e. The molecule has 1 fully saturated rings. The molecule has 1 aromatic rings. The summed E-state index contributed by atoms with van der Waals surface area (Å²) in [5.74, 6) is 0.711. The smallest absolute Gasteiger partial charge is 0.0510 e. The topological polar surface area (TPSA) is 38.5 Å². The Morgan fingerprint density at radius 1 is 1.42 bits per heavy atom. The summed E-state index contributed by atoms with van der Waals surface area (Å²) >= 11 is 3.67. The molecule has 19 heavy (non-hydrogen) atoms. The number of methoxy groups -OCH3 is 1. The van der Waals surface area contributed by atoms with Gasteiger partial charge in [0.1, 0.15) is 0 Å². The third-order valence-corrected chi connectivity index (χ3v) is 4.49. The summed E-state index contributed by atoms with van der Waals surface area (Å²) in [5.41, 5.74) is 8.36. The molecule has 0 saturated carbocycles. The molecule has 1 heterocycles. The van der Waals surface area contributed by atoms with Crippen LogP contribution in [-0.4, -0.2) is 26.8 Å². The van der Waals surface area contributed by atoms with Gasteiger partial charge in [0.05, 0.1) is 5.69 Å². The Morgan fingerprint density at radius 3 is 2.63 bits per heavy atom. The van der Waals surface area contributed by atoms with Gasteiger partial charge in [-0.15, -0.1) is 0 Å². The summed E-state index contributed by atoms with van der Waals surface area (Å²) in [6, 6.07) is 6.53. The second kappa shape index (κ2) is 6.73. The molecule has 1 saturated heterocycles. The molecule has 106 valence electrons. The minimum atomic E-state index is 0.0813. The van der Waals surface area contributed by atoms with Crippen LogP contribution in [0, 0.1) is 5.92 Å². The molecule has 0 bridgehead atoms. The molecule has 0 radical (unpaired) electrons. The van der Waals surface area contributed by atoms with Gasteiger partial charge in [-0.25, -0.2) is 0 Å². The van der Waals surface area contributed by atoms with E-state index < -0.39 is 0 Å². The number of rotatable bonds is 4. The molecule has 0 spiro atoms. The monoisotopic (exact) mass is 326 g/mol. The lowest BCUT2D eigenvalue weighted by atomic mass is 9.97. The second-order valence-electron chi connectivity index (χ2n) is 5.39. The van der Waals surface area contributed by atoms with Crippen LogP contribution in [0.1, 0.15) is 31.4 Å². The van der Waals surface area contributed by atoms with Crippen molar-refractivity contribution in [2.45, 2.75) is 25.8 Å². The molecule has 3 nitrogen and oxygen atoms in total. The summed E-state index contributed by atoms with van der Waals surface area (Å²) in [6.07, 6.45) is 2.41. The Hall–Kier alpha value is -0.580. The van der Waals surface area contributed by atoms with Gasteiger partial charge in [0.15, 0.2) is 0 Å². The Kier molecular flexibility index (Phi) is 5.25. The first-order chi connectivity index (χ1) is 9.11. The van der Waals surface area contributed by atoms with E-state index in [4.69, 9.17) is 10.5 Å². The molecule has 1 aliphatic heterocycles. The van der Waals surface area contributed by atoms with E-state index in [1.807, 2.05) is 6.92 Å². The number of hydrogen-bond donors (Lipinski definition) is 1. The maximum atomic E-state index is 5.91. The van der Waals surface area contributed by atoms with Crippen LogP contribution in [0.2, 0.25) is 0 Å². The third kappa shape index (κ3) is 3.71. The van der Waals surface area contributed by atoms with Crippen molar-refractivity contribution in [3.05, 3.63) is 28.2 Å². The highest BCUT2D eigenvalue weighted by atomic mass is 79.9. The van der Waals surface area contributed by atoms with Gasteiger partial charge in [-0.2, -0.15) is 0 Å². The molecule has 1 atom stereocenters. The molecular weight excluding hydrogens is 304 g/mol. The van der Waals surface area contributed by atoms with Crippen LogP contribution in [-0.2, 0) is 4.74 Å². The van der Waals surface area contributed by atoms with E-state index in [0.29, 0.717) is 5.92 Å². The number of ether oxygens (including phenoxy) is 1. The zero-order valence-electron chi connectivity index (χ0n) is 11.7. The molecule has 0 amide bonds. The zero-order valence-corrected chi connectivity index (χ0v) is 13.3. The number of benzene rings is 1. The predicted molar refractivity (Wildman–Crippen MR) is 83.6 cm³/mol. The molecule has 2 rings (SSSR count). The van der Waals surface area contributed by atoms with Gasteiger partial charge < -0.3 is 15.4 Å². The van der Waals surface area contributed by atoms with E-state index in [2.05, 4.69) is 39.0 Å². The number of halogens is 1. The first-order valence-corrected chi connectivity index (χ1v) is 7.70. The van der Waals surface area contributed by atoms with Crippen LogP contribution in [0.4, 0.5) is 5.69 Å². The molecule has 0 aromatic heterocycles. The Morgan fingerprint density at radius 2 is 2.11 bits per heavy atom. The second-order valence-corrected chi connectivity index (χ2v) is 6.24. The van der Waals surface area contributed by atoms with E-state index in [-0.39, 0.29) is 6.04 Å². The van der Waals surface area contributed by atoms with Gasteiger partial charge in [0, 0.05) is 37.3 Å². The first-order valence-electron chi connectivity index (χ1n) is 6.90. The fourth-order valence-electron chi connectivity index (χ4n) is 2.64. The highest BCUT2D eigenvalue weighted by Gasteiger charge is 2.20. The van der Waals surface area contributed by atoms with Crippen molar-refractivity contribution in [3.8, 4) is 0 Å². The lowest BCUT2D eigenvalue weighted by Crippen LogP contribution is -2.35. The summed E-state index contributed by atoms with van der Waals surface area (Å²) in [7, 11) is 1.79. The van der Waals surface area contributed by atoms with E-state index in [9.17, 15) is 0 Å².